The van der Waals surface area contributed by atoms with Crippen LogP contribution in [0.15, 0.2) is 18.2 Å². The molecular weight excluding hydrogens is 309 g/mol. The Bertz CT molecular complexity index is 611. The lowest BCUT2D eigenvalue weighted by atomic mass is 10.2. The van der Waals surface area contributed by atoms with Crippen LogP contribution in [-0.4, -0.2) is 43.7 Å². The number of carbonyl (C=O) groups excluding carboxylic acids is 2. The molecule has 1 saturated heterocycles. The second-order valence-corrected chi connectivity index (χ2v) is 5.52. The number of carbonyl (C=O) groups is 2. The molecule has 22 heavy (non-hydrogen) atoms. The molecule has 1 atom stereocenters. The summed E-state index contributed by atoms with van der Waals surface area (Å²) >= 11 is 4.90. The van der Waals surface area contributed by atoms with Crippen molar-refractivity contribution in [2.45, 2.75) is 13.0 Å². The molecule has 1 N–H and O–H groups in total. The van der Waals surface area contributed by atoms with Crippen molar-refractivity contribution in [1.29, 1.82) is 0 Å². The summed E-state index contributed by atoms with van der Waals surface area (Å²) in [5.74, 6) is -0.587. The van der Waals surface area contributed by atoms with Crippen LogP contribution in [0.4, 0.5) is 20.6 Å². The van der Waals surface area contributed by atoms with Crippen LogP contribution in [0, 0.1) is 5.82 Å². The van der Waals surface area contributed by atoms with Gasteiger partial charge in [0.15, 0.2) is 0 Å². The standard InChI is InChI=1S/C14H16FN3O3S/c1-9(22)16-6-11-7-18(14(20)21-11)10-3-4-13(12(15)5-10)17(2)8-19/h3-5,8,11H,6-7H2,1-2H3,(H,16,22)/t11-/m0/s1. The van der Waals surface area contributed by atoms with Crippen LogP contribution in [0.1, 0.15) is 6.92 Å². The van der Waals surface area contributed by atoms with Crippen molar-refractivity contribution in [2.75, 3.05) is 29.9 Å². The summed E-state index contributed by atoms with van der Waals surface area (Å²) in [6.07, 6.45) is -0.382. The Labute approximate surface area is 132 Å². The van der Waals surface area contributed by atoms with Gasteiger partial charge in [-0.05, 0) is 25.1 Å². The quantitative estimate of drug-likeness (QED) is 0.659. The van der Waals surface area contributed by atoms with Gasteiger partial charge in [-0.3, -0.25) is 9.69 Å². The Morgan fingerprint density at radius 3 is 2.95 bits per heavy atom. The van der Waals surface area contributed by atoms with E-state index in [4.69, 9.17) is 17.0 Å². The van der Waals surface area contributed by atoms with Crippen molar-refractivity contribution in [2.24, 2.45) is 0 Å². The van der Waals surface area contributed by atoms with Crippen molar-refractivity contribution in [3.8, 4) is 0 Å². The lowest BCUT2D eigenvalue weighted by Crippen LogP contribution is -2.32. The average Bonchev–Trinajstić information content (AvgIpc) is 2.85. The number of nitrogens with zero attached hydrogens (tertiary/aromatic N) is 2. The number of hydrogen-bond donors (Lipinski definition) is 1. The maximum Gasteiger partial charge on any atom is 0.414 e. The molecule has 118 valence electrons. The minimum Gasteiger partial charge on any atom is -0.442 e. The SMILES string of the molecule is CC(=S)NC[C@H]1CN(c2ccc(N(C)C=O)c(F)c2)C(=O)O1. The van der Waals surface area contributed by atoms with E-state index >= 15 is 0 Å². The van der Waals surface area contributed by atoms with Gasteiger partial charge in [-0.25, -0.2) is 9.18 Å². The Kier molecular flexibility index (Phi) is 4.92. The number of thiocarbonyl (C=S) groups is 1. The van der Waals surface area contributed by atoms with Gasteiger partial charge in [0.2, 0.25) is 6.41 Å². The van der Waals surface area contributed by atoms with Crippen LogP contribution < -0.4 is 15.1 Å². The lowest BCUT2D eigenvalue weighted by molar-refractivity contribution is -0.107. The fourth-order valence-corrected chi connectivity index (χ4v) is 2.19. The minimum atomic E-state index is -0.587. The number of benzene rings is 1. The highest BCUT2D eigenvalue weighted by atomic mass is 32.1. The predicted molar refractivity (Wildman–Crippen MR) is 84.8 cm³/mol. The summed E-state index contributed by atoms with van der Waals surface area (Å²) in [4.78, 5) is 25.6. The van der Waals surface area contributed by atoms with E-state index in [1.165, 1.54) is 24.1 Å². The third-order valence-corrected chi connectivity index (χ3v) is 3.38. The summed E-state index contributed by atoms with van der Waals surface area (Å²) in [7, 11) is 1.45. The van der Waals surface area contributed by atoms with Crippen LogP contribution in [0.3, 0.4) is 0 Å². The smallest absolute Gasteiger partial charge is 0.414 e. The fraction of sp³-hybridized carbons (Fsp3) is 0.357. The summed E-state index contributed by atoms with van der Waals surface area (Å²) in [5, 5.41) is 2.93. The van der Waals surface area contributed by atoms with Crippen molar-refractivity contribution in [3.05, 3.63) is 24.0 Å². The van der Waals surface area contributed by atoms with E-state index in [9.17, 15) is 14.0 Å². The fourth-order valence-electron chi connectivity index (χ4n) is 2.10. The van der Waals surface area contributed by atoms with E-state index in [0.29, 0.717) is 30.2 Å². The number of amides is 2. The molecule has 2 rings (SSSR count). The van der Waals surface area contributed by atoms with Gasteiger partial charge in [-0.2, -0.15) is 0 Å². The van der Waals surface area contributed by atoms with Gasteiger partial charge in [0, 0.05) is 7.05 Å². The number of ether oxygens (including phenoxy) is 1. The van der Waals surface area contributed by atoms with Crippen LogP contribution in [-0.2, 0) is 9.53 Å². The molecule has 1 heterocycles. The van der Waals surface area contributed by atoms with Gasteiger partial charge in [-0.1, -0.05) is 12.2 Å². The van der Waals surface area contributed by atoms with Crippen LogP contribution in [0.5, 0.6) is 0 Å². The summed E-state index contributed by atoms with van der Waals surface area (Å²) in [5.41, 5.74) is 0.521. The van der Waals surface area contributed by atoms with E-state index < -0.39 is 11.9 Å². The van der Waals surface area contributed by atoms with Gasteiger partial charge >= 0.3 is 6.09 Å². The number of anilines is 2. The minimum absolute atomic E-state index is 0.140. The predicted octanol–water partition coefficient (Wildman–Crippen LogP) is 1.68. The first-order valence-electron chi connectivity index (χ1n) is 6.62. The zero-order valence-corrected chi connectivity index (χ0v) is 13.0. The first-order chi connectivity index (χ1) is 10.4. The molecule has 1 aliphatic rings. The molecule has 0 unspecified atom stereocenters. The molecule has 0 radical (unpaired) electrons. The summed E-state index contributed by atoms with van der Waals surface area (Å²) in [6.45, 7) is 2.45. The van der Waals surface area contributed by atoms with Gasteiger partial charge in [0.1, 0.15) is 11.9 Å². The molecule has 0 aliphatic carbocycles. The lowest BCUT2D eigenvalue weighted by Gasteiger charge is -2.16. The zero-order chi connectivity index (χ0) is 16.3. The molecule has 1 aromatic rings. The topological polar surface area (TPSA) is 61.9 Å². The highest BCUT2D eigenvalue weighted by Gasteiger charge is 2.32. The van der Waals surface area contributed by atoms with Crippen molar-refractivity contribution in [1.82, 2.24) is 5.32 Å². The van der Waals surface area contributed by atoms with Gasteiger partial charge in [0.25, 0.3) is 0 Å². The number of cyclic esters (lactones) is 1. The number of halogens is 1. The number of nitrogens with one attached hydrogen (secondary N) is 1. The second-order valence-electron chi connectivity index (χ2n) is 4.91. The Hall–Kier alpha value is -2.22. The van der Waals surface area contributed by atoms with E-state index in [0.717, 1.165) is 4.90 Å². The van der Waals surface area contributed by atoms with Gasteiger partial charge in [-0.15, -0.1) is 0 Å². The Balaban J connectivity index is 2.11. The maximum atomic E-state index is 14.0. The second kappa shape index (κ2) is 6.69. The average molecular weight is 325 g/mol. The molecule has 1 aromatic carbocycles. The highest BCUT2D eigenvalue weighted by molar-refractivity contribution is 7.80. The van der Waals surface area contributed by atoms with Crippen molar-refractivity contribution < 1.29 is 18.7 Å². The summed E-state index contributed by atoms with van der Waals surface area (Å²) < 4.78 is 19.2. The van der Waals surface area contributed by atoms with Crippen LogP contribution in [0.25, 0.3) is 0 Å². The molecule has 1 aliphatic heterocycles. The molecule has 1 fully saturated rings. The van der Waals surface area contributed by atoms with E-state index in [-0.39, 0.29) is 11.8 Å². The molecule has 0 aromatic heterocycles. The van der Waals surface area contributed by atoms with E-state index in [2.05, 4.69) is 5.32 Å². The first kappa shape index (κ1) is 16.2. The van der Waals surface area contributed by atoms with E-state index in [1.54, 1.807) is 13.0 Å². The van der Waals surface area contributed by atoms with E-state index in [1.807, 2.05) is 0 Å². The van der Waals surface area contributed by atoms with Gasteiger partial charge < -0.3 is 15.0 Å². The first-order valence-corrected chi connectivity index (χ1v) is 7.03. The highest BCUT2D eigenvalue weighted by Crippen LogP contribution is 2.26. The zero-order valence-electron chi connectivity index (χ0n) is 12.2. The van der Waals surface area contributed by atoms with Gasteiger partial charge in [0.05, 0.1) is 29.5 Å². The number of hydrogen-bond acceptors (Lipinski definition) is 4. The Morgan fingerprint density at radius 2 is 2.36 bits per heavy atom. The molecule has 0 spiro atoms. The largest absolute Gasteiger partial charge is 0.442 e. The molecule has 8 heteroatoms. The molecule has 6 nitrogen and oxygen atoms in total. The van der Waals surface area contributed by atoms with Crippen molar-refractivity contribution >= 4 is 41.1 Å². The van der Waals surface area contributed by atoms with Crippen molar-refractivity contribution in [3.63, 3.8) is 0 Å². The Morgan fingerprint density at radius 1 is 1.64 bits per heavy atom. The third kappa shape index (κ3) is 3.51. The van der Waals surface area contributed by atoms with Crippen LogP contribution >= 0.6 is 12.2 Å². The molecule has 2 amide bonds. The molecule has 0 saturated carbocycles. The molecular formula is C14H16FN3O3S. The number of rotatable bonds is 5. The monoisotopic (exact) mass is 325 g/mol. The summed E-state index contributed by atoms with van der Waals surface area (Å²) in [6, 6.07) is 4.22. The third-order valence-electron chi connectivity index (χ3n) is 3.23. The van der Waals surface area contributed by atoms with Crippen LogP contribution in [0.2, 0.25) is 0 Å². The molecule has 0 bridgehead atoms. The normalized spacial score (nSPS) is 17.1. The maximum absolute atomic E-state index is 14.0.